The van der Waals surface area contributed by atoms with Crippen molar-refractivity contribution in [3.63, 3.8) is 0 Å². The van der Waals surface area contributed by atoms with Gasteiger partial charge in [-0.2, -0.15) is 0 Å². The first-order chi connectivity index (χ1) is 12.5. The van der Waals surface area contributed by atoms with E-state index in [-0.39, 0.29) is 10.8 Å². The van der Waals surface area contributed by atoms with Crippen molar-refractivity contribution in [2.45, 2.75) is 43.4 Å². The molecule has 3 aromatic rings. The molecule has 1 saturated carbocycles. The summed E-state index contributed by atoms with van der Waals surface area (Å²) in [6.45, 7) is 1.93. The van der Waals surface area contributed by atoms with Gasteiger partial charge in [0.1, 0.15) is 5.78 Å². The Kier molecular flexibility index (Phi) is 4.19. The van der Waals surface area contributed by atoms with Crippen molar-refractivity contribution in [3.8, 4) is 0 Å². The predicted molar refractivity (Wildman–Crippen MR) is 102 cm³/mol. The van der Waals surface area contributed by atoms with E-state index < -0.39 is 10.0 Å². The fourth-order valence-electron chi connectivity index (χ4n) is 3.72. The molecule has 4 rings (SSSR count). The quantitative estimate of drug-likeness (QED) is 0.689. The third kappa shape index (κ3) is 2.86. The highest BCUT2D eigenvalue weighted by Crippen LogP contribution is 2.32. The molecule has 5 heteroatoms. The van der Waals surface area contributed by atoms with Gasteiger partial charge in [-0.15, -0.1) is 0 Å². The van der Waals surface area contributed by atoms with Crippen molar-refractivity contribution in [1.82, 2.24) is 3.97 Å². The normalized spacial score (nSPS) is 18.3. The molecule has 0 amide bonds. The monoisotopic (exact) mass is 367 g/mol. The second-order valence-electron chi connectivity index (χ2n) is 7.01. The lowest BCUT2D eigenvalue weighted by Crippen LogP contribution is -2.17. The van der Waals surface area contributed by atoms with Crippen LogP contribution in [0, 0.1) is 6.92 Å². The zero-order chi connectivity index (χ0) is 18.3. The highest BCUT2D eigenvalue weighted by atomic mass is 32.2. The van der Waals surface area contributed by atoms with Gasteiger partial charge in [0, 0.05) is 23.9 Å². The van der Waals surface area contributed by atoms with Crippen LogP contribution in [0.5, 0.6) is 0 Å². The number of ketones is 1. The Bertz CT molecular complexity index is 1080. The Hall–Kier alpha value is -2.40. The zero-order valence-electron chi connectivity index (χ0n) is 14.7. The Balaban J connectivity index is 1.76. The lowest BCUT2D eigenvalue weighted by Gasteiger charge is -2.21. The van der Waals surface area contributed by atoms with Crippen LogP contribution in [-0.2, 0) is 14.8 Å². The van der Waals surface area contributed by atoms with E-state index in [2.05, 4.69) is 0 Å². The lowest BCUT2D eigenvalue weighted by molar-refractivity contribution is -0.121. The predicted octanol–water partition coefficient (Wildman–Crippen LogP) is 4.41. The molecular weight excluding hydrogens is 346 g/mol. The maximum atomic E-state index is 13.0. The molecule has 1 aliphatic rings. The maximum Gasteiger partial charge on any atom is 0.268 e. The van der Waals surface area contributed by atoms with Crippen molar-refractivity contribution < 1.29 is 13.2 Å². The number of aryl methyl sites for hydroxylation is 1. The third-order valence-electron chi connectivity index (χ3n) is 5.21. The lowest BCUT2D eigenvalue weighted by atomic mass is 9.83. The number of aromatic nitrogens is 1. The van der Waals surface area contributed by atoms with E-state index in [1.165, 1.54) is 3.97 Å². The number of rotatable bonds is 3. The first kappa shape index (κ1) is 17.0. The fraction of sp³-hybridized carbons (Fsp3) is 0.286. The van der Waals surface area contributed by atoms with E-state index in [9.17, 15) is 13.2 Å². The molecule has 1 aliphatic carbocycles. The highest BCUT2D eigenvalue weighted by molar-refractivity contribution is 7.90. The minimum atomic E-state index is -3.64. The number of benzene rings is 2. The summed E-state index contributed by atoms with van der Waals surface area (Å²) in [7, 11) is -3.64. The molecule has 0 unspecified atom stereocenters. The van der Waals surface area contributed by atoms with Crippen molar-refractivity contribution in [1.29, 1.82) is 0 Å². The van der Waals surface area contributed by atoms with Crippen LogP contribution in [0.1, 0.15) is 42.7 Å². The van der Waals surface area contributed by atoms with E-state index in [4.69, 9.17) is 0 Å². The highest BCUT2D eigenvalue weighted by Gasteiger charge is 2.25. The summed E-state index contributed by atoms with van der Waals surface area (Å²) >= 11 is 0. The third-order valence-corrected chi connectivity index (χ3v) is 6.92. The van der Waals surface area contributed by atoms with Crippen molar-refractivity contribution in [3.05, 3.63) is 65.9 Å². The second-order valence-corrected chi connectivity index (χ2v) is 8.83. The van der Waals surface area contributed by atoms with Crippen molar-refractivity contribution >= 4 is 26.7 Å². The van der Waals surface area contributed by atoms with Gasteiger partial charge in [0.25, 0.3) is 10.0 Å². The summed E-state index contributed by atoms with van der Waals surface area (Å²) in [5.41, 5.74) is 2.65. The van der Waals surface area contributed by atoms with E-state index >= 15 is 0 Å². The SMILES string of the molecule is Cc1ccc(S(=O)(=O)n2ccc3cc([C@H]4CCCCC4=O)ccc32)cc1. The van der Waals surface area contributed by atoms with Gasteiger partial charge in [-0.05, 0) is 55.7 Å². The standard InChI is InChI=1S/C21H21NO3S/c1-15-6-9-18(10-7-15)26(24,25)22-13-12-17-14-16(8-11-20(17)22)19-4-2-3-5-21(19)23/h6-14,19H,2-5H2,1H3/t19-/m1/s1. The second kappa shape index (κ2) is 6.40. The molecule has 1 fully saturated rings. The van der Waals surface area contributed by atoms with Crippen molar-refractivity contribution in [2.24, 2.45) is 0 Å². The molecule has 0 aliphatic heterocycles. The Morgan fingerprint density at radius 1 is 1.00 bits per heavy atom. The van der Waals surface area contributed by atoms with E-state index in [0.29, 0.717) is 17.7 Å². The number of fused-ring (bicyclic) bond motifs is 1. The molecular formula is C21H21NO3S. The molecule has 26 heavy (non-hydrogen) atoms. The largest absolute Gasteiger partial charge is 0.299 e. The van der Waals surface area contributed by atoms with Crippen LogP contribution in [0.3, 0.4) is 0 Å². The summed E-state index contributed by atoms with van der Waals surface area (Å²) in [4.78, 5) is 12.5. The average Bonchev–Trinajstić information content (AvgIpc) is 3.06. The van der Waals surface area contributed by atoms with Crippen LogP contribution in [0.15, 0.2) is 59.6 Å². The molecule has 0 bridgehead atoms. The van der Waals surface area contributed by atoms with Crippen LogP contribution < -0.4 is 0 Å². The van der Waals surface area contributed by atoms with Gasteiger partial charge < -0.3 is 0 Å². The van der Waals surface area contributed by atoms with Gasteiger partial charge in [0.2, 0.25) is 0 Å². The van der Waals surface area contributed by atoms with Crippen LogP contribution in [0.2, 0.25) is 0 Å². The maximum absolute atomic E-state index is 13.0. The van der Waals surface area contributed by atoms with Crippen molar-refractivity contribution in [2.75, 3.05) is 0 Å². The fourth-order valence-corrected chi connectivity index (χ4v) is 5.07. The minimum Gasteiger partial charge on any atom is -0.299 e. The van der Waals surface area contributed by atoms with Gasteiger partial charge >= 0.3 is 0 Å². The van der Waals surface area contributed by atoms with Crippen LogP contribution in [0.25, 0.3) is 10.9 Å². The molecule has 0 spiro atoms. The van der Waals surface area contributed by atoms with E-state index in [1.807, 2.05) is 25.1 Å². The van der Waals surface area contributed by atoms with Crippen LogP contribution in [0.4, 0.5) is 0 Å². The molecule has 2 aromatic carbocycles. The van der Waals surface area contributed by atoms with Crippen LogP contribution >= 0.6 is 0 Å². The van der Waals surface area contributed by atoms with Gasteiger partial charge in [-0.25, -0.2) is 12.4 Å². The number of hydrogen-bond acceptors (Lipinski definition) is 3. The summed E-state index contributed by atoms with van der Waals surface area (Å²) in [6, 6.07) is 14.3. The van der Waals surface area contributed by atoms with Crippen LogP contribution in [-0.4, -0.2) is 18.2 Å². The first-order valence-electron chi connectivity index (χ1n) is 8.93. The topological polar surface area (TPSA) is 56.1 Å². The molecule has 0 N–H and O–H groups in total. The summed E-state index contributed by atoms with van der Waals surface area (Å²) < 4.78 is 27.3. The molecule has 1 aromatic heterocycles. The zero-order valence-corrected chi connectivity index (χ0v) is 15.5. The molecule has 0 saturated heterocycles. The number of carbonyl (C=O) groups excluding carboxylic acids is 1. The van der Waals surface area contributed by atoms with E-state index in [0.717, 1.165) is 35.8 Å². The Labute approximate surface area is 153 Å². The molecule has 0 radical (unpaired) electrons. The van der Waals surface area contributed by atoms with Gasteiger partial charge in [-0.3, -0.25) is 4.79 Å². The first-order valence-corrected chi connectivity index (χ1v) is 10.4. The summed E-state index contributed by atoms with van der Waals surface area (Å²) in [5.74, 6) is 0.243. The average molecular weight is 367 g/mol. The van der Waals surface area contributed by atoms with E-state index in [1.54, 1.807) is 36.5 Å². The Morgan fingerprint density at radius 3 is 2.50 bits per heavy atom. The number of nitrogens with zero attached hydrogens (tertiary/aromatic N) is 1. The minimum absolute atomic E-state index is 0.0507. The van der Waals surface area contributed by atoms with Gasteiger partial charge in [0.15, 0.2) is 0 Å². The smallest absolute Gasteiger partial charge is 0.268 e. The molecule has 1 atom stereocenters. The summed E-state index contributed by atoms with van der Waals surface area (Å²) in [5, 5.41) is 0.844. The number of Topliss-reactive ketones (excluding diaryl/α,β-unsaturated/α-hetero) is 1. The molecule has 1 heterocycles. The summed E-state index contributed by atoms with van der Waals surface area (Å²) in [6.07, 6.45) is 5.16. The number of hydrogen-bond donors (Lipinski definition) is 0. The van der Waals surface area contributed by atoms with Gasteiger partial charge in [0.05, 0.1) is 10.4 Å². The van der Waals surface area contributed by atoms with Gasteiger partial charge in [-0.1, -0.05) is 30.2 Å². The molecule has 134 valence electrons. The Morgan fingerprint density at radius 2 is 1.77 bits per heavy atom. The molecule has 4 nitrogen and oxygen atoms in total. The number of carbonyl (C=O) groups is 1.